The maximum absolute atomic E-state index is 10.8. The van der Waals surface area contributed by atoms with Crippen molar-refractivity contribution in [3.05, 3.63) is 11.6 Å². The lowest BCUT2D eigenvalue weighted by Crippen LogP contribution is -2.40. The Morgan fingerprint density at radius 2 is 1.89 bits per heavy atom. The van der Waals surface area contributed by atoms with E-state index < -0.39 is 5.60 Å². The van der Waals surface area contributed by atoms with Gasteiger partial charge in [-0.15, -0.1) is 10.2 Å². The minimum absolute atomic E-state index is 0.446. The van der Waals surface area contributed by atoms with Crippen LogP contribution in [0.4, 0.5) is 0 Å². The summed E-state index contributed by atoms with van der Waals surface area (Å²) in [4.78, 5) is 4.65. The van der Waals surface area contributed by atoms with Crippen molar-refractivity contribution in [2.45, 2.75) is 97.1 Å². The number of hydrogen-bond donors (Lipinski definition) is 3. The van der Waals surface area contributed by atoms with Crippen LogP contribution in [0.3, 0.4) is 0 Å². The molecule has 0 unspecified atom stereocenters. The molecule has 0 radical (unpaired) electrons. The summed E-state index contributed by atoms with van der Waals surface area (Å²) in [6.07, 6.45) is 10.2. The van der Waals surface area contributed by atoms with Gasteiger partial charge in [0, 0.05) is 32.5 Å². The summed E-state index contributed by atoms with van der Waals surface area (Å²) >= 11 is 0. The maximum atomic E-state index is 10.8. The van der Waals surface area contributed by atoms with E-state index >= 15 is 0 Å². The molecule has 1 aliphatic heterocycles. The zero-order valence-corrected chi connectivity index (χ0v) is 18.1. The average Bonchev–Trinajstić information content (AvgIpc) is 2.90. The number of aliphatic imine (C=N–C) groups is 1. The number of hydrogen-bond acceptors (Lipinski definition) is 4. The summed E-state index contributed by atoms with van der Waals surface area (Å²) in [5, 5.41) is 26.3. The minimum Gasteiger partial charge on any atom is -0.388 e. The van der Waals surface area contributed by atoms with Crippen LogP contribution in [-0.4, -0.2) is 51.1 Å². The Morgan fingerprint density at radius 3 is 2.61 bits per heavy atom. The van der Waals surface area contributed by atoms with Gasteiger partial charge >= 0.3 is 0 Å². The number of guanidine groups is 1. The zero-order chi connectivity index (χ0) is 20.2. The highest BCUT2D eigenvalue weighted by molar-refractivity contribution is 5.79. The first-order chi connectivity index (χ1) is 13.6. The molecular weight excluding hydrogens is 352 g/mol. The number of aryl methyl sites for hydroxylation is 2. The molecule has 28 heavy (non-hydrogen) atoms. The van der Waals surface area contributed by atoms with Gasteiger partial charge in [-0.05, 0) is 39.0 Å². The molecule has 1 aliphatic rings. The summed E-state index contributed by atoms with van der Waals surface area (Å²) in [5.74, 6) is 3.05. The van der Waals surface area contributed by atoms with E-state index in [4.69, 9.17) is 0 Å². The highest BCUT2D eigenvalue weighted by atomic mass is 16.3. The Kier molecular flexibility index (Phi) is 9.75. The van der Waals surface area contributed by atoms with Crippen molar-refractivity contribution in [1.29, 1.82) is 0 Å². The van der Waals surface area contributed by atoms with Gasteiger partial charge in [0.05, 0.1) is 12.1 Å². The highest BCUT2D eigenvalue weighted by Gasteiger charge is 2.24. The molecule has 1 aromatic heterocycles. The molecule has 0 aromatic carbocycles. The largest absolute Gasteiger partial charge is 0.388 e. The third kappa shape index (κ3) is 7.08. The van der Waals surface area contributed by atoms with Gasteiger partial charge in [-0.3, -0.25) is 4.99 Å². The first-order valence-corrected chi connectivity index (χ1v) is 11.3. The van der Waals surface area contributed by atoms with Crippen LogP contribution in [0.5, 0.6) is 0 Å². The Labute approximate surface area is 170 Å². The van der Waals surface area contributed by atoms with E-state index in [1.165, 1.54) is 19.3 Å². The second kappa shape index (κ2) is 12.0. The number of nitrogens with one attached hydrogen (secondary N) is 2. The van der Waals surface area contributed by atoms with E-state index in [0.717, 1.165) is 82.2 Å². The SMILES string of the molecule is CCCC(O)(CCC)CN=C(NCC)NCCCc1nnc2n1CCCCC2. The highest BCUT2D eigenvalue weighted by Crippen LogP contribution is 2.20. The first-order valence-electron chi connectivity index (χ1n) is 11.3. The molecule has 7 heteroatoms. The average molecular weight is 393 g/mol. The number of aromatic nitrogens is 3. The normalized spacial score (nSPS) is 15.2. The van der Waals surface area contributed by atoms with Crippen molar-refractivity contribution >= 4 is 5.96 Å². The van der Waals surface area contributed by atoms with E-state index in [9.17, 15) is 5.11 Å². The van der Waals surface area contributed by atoms with Gasteiger partial charge < -0.3 is 20.3 Å². The molecule has 2 rings (SSSR count). The topological polar surface area (TPSA) is 87.4 Å². The molecule has 7 nitrogen and oxygen atoms in total. The van der Waals surface area contributed by atoms with Crippen LogP contribution in [0.25, 0.3) is 0 Å². The molecule has 2 heterocycles. The van der Waals surface area contributed by atoms with Gasteiger partial charge in [-0.2, -0.15) is 0 Å². The fraction of sp³-hybridized carbons (Fsp3) is 0.857. The van der Waals surface area contributed by atoms with Crippen LogP contribution >= 0.6 is 0 Å². The Hall–Kier alpha value is -1.63. The summed E-state index contributed by atoms with van der Waals surface area (Å²) in [7, 11) is 0. The molecule has 0 saturated heterocycles. The lowest BCUT2D eigenvalue weighted by Gasteiger charge is -2.26. The molecule has 1 aromatic rings. The third-order valence-corrected chi connectivity index (χ3v) is 5.36. The summed E-state index contributed by atoms with van der Waals surface area (Å²) in [5.41, 5.74) is -0.690. The molecule has 0 saturated carbocycles. The Morgan fingerprint density at radius 1 is 1.11 bits per heavy atom. The predicted molar refractivity (Wildman–Crippen MR) is 115 cm³/mol. The molecule has 0 spiro atoms. The van der Waals surface area contributed by atoms with Crippen molar-refractivity contribution < 1.29 is 5.11 Å². The fourth-order valence-electron chi connectivity index (χ4n) is 3.97. The van der Waals surface area contributed by atoms with E-state index in [2.05, 4.69) is 51.2 Å². The van der Waals surface area contributed by atoms with Gasteiger partial charge in [0.25, 0.3) is 0 Å². The van der Waals surface area contributed by atoms with E-state index in [0.29, 0.717) is 6.54 Å². The van der Waals surface area contributed by atoms with E-state index in [-0.39, 0.29) is 0 Å². The molecule has 3 N–H and O–H groups in total. The third-order valence-electron chi connectivity index (χ3n) is 5.36. The first kappa shape index (κ1) is 22.7. The van der Waals surface area contributed by atoms with Crippen molar-refractivity contribution in [3.8, 4) is 0 Å². The second-order valence-corrected chi connectivity index (χ2v) is 7.94. The number of nitrogens with zero attached hydrogens (tertiary/aromatic N) is 4. The quantitative estimate of drug-likeness (QED) is 0.306. The van der Waals surface area contributed by atoms with Gasteiger partial charge in [-0.25, -0.2) is 0 Å². The fourth-order valence-corrected chi connectivity index (χ4v) is 3.97. The minimum atomic E-state index is -0.690. The molecular formula is C21H40N6O. The summed E-state index contributed by atoms with van der Waals surface area (Å²) in [6, 6.07) is 0. The van der Waals surface area contributed by atoms with Crippen LogP contribution < -0.4 is 10.6 Å². The molecule has 0 bridgehead atoms. The number of aliphatic hydroxyl groups is 1. The Balaban J connectivity index is 1.83. The van der Waals surface area contributed by atoms with Gasteiger partial charge in [-0.1, -0.05) is 33.1 Å². The van der Waals surface area contributed by atoms with Crippen LogP contribution in [-0.2, 0) is 19.4 Å². The van der Waals surface area contributed by atoms with E-state index in [1.807, 2.05) is 0 Å². The summed E-state index contributed by atoms with van der Waals surface area (Å²) < 4.78 is 2.32. The van der Waals surface area contributed by atoms with Gasteiger partial charge in [0.2, 0.25) is 0 Å². The van der Waals surface area contributed by atoms with Crippen LogP contribution in [0.2, 0.25) is 0 Å². The molecule has 0 atom stereocenters. The molecule has 0 aliphatic carbocycles. The predicted octanol–water partition coefficient (Wildman–Crippen LogP) is 2.82. The van der Waals surface area contributed by atoms with E-state index in [1.54, 1.807) is 0 Å². The number of fused-ring (bicyclic) bond motifs is 1. The zero-order valence-electron chi connectivity index (χ0n) is 18.1. The summed E-state index contributed by atoms with van der Waals surface area (Å²) in [6.45, 7) is 9.42. The molecule has 160 valence electrons. The maximum Gasteiger partial charge on any atom is 0.191 e. The van der Waals surface area contributed by atoms with Crippen molar-refractivity contribution in [2.24, 2.45) is 4.99 Å². The Bertz CT molecular complexity index is 592. The van der Waals surface area contributed by atoms with Crippen LogP contribution in [0, 0.1) is 0 Å². The van der Waals surface area contributed by atoms with Crippen molar-refractivity contribution in [2.75, 3.05) is 19.6 Å². The van der Waals surface area contributed by atoms with Crippen LogP contribution in [0.15, 0.2) is 4.99 Å². The smallest absolute Gasteiger partial charge is 0.191 e. The van der Waals surface area contributed by atoms with Crippen molar-refractivity contribution in [1.82, 2.24) is 25.4 Å². The van der Waals surface area contributed by atoms with Crippen molar-refractivity contribution in [3.63, 3.8) is 0 Å². The number of rotatable bonds is 11. The van der Waals surface area contributed by atoms with Crippen LogP contribution in [0.1, 0.15) is 83.8 Å². The monoisotopic (exact) mass is 392 g/mol. The lowest BCUT2D eigenvalue weighted by atomic mass is 9.93. The molecule has 0 fully saturated rings. The lowest BCUT2D eigenvalue weighted by molar-refractivity contribution is 0.0306. The molecule has 0 amide bonds. The van der Waals surface area contributed by atoms with Gasteiger partial charge in [0.15, 0.2) is 5.96 Å². The second-order valence-electron chi connectivity index (χ2n) is 7.94. The standard InChI is InChI=1S/C21H40N6O/c1-4-13-21(28,14-5-2)17-24-20(22-6-3)23-15-10-12-19-26-25-18-11-8-7-9-16-27(18)19/h28H,4-17H2,1-3H3,(H2,22,23,24). The van der Waals surface area contributed by atoms with Gasteiger partial charge in [0.1, 0.15) is 11.6 Å².